The smallest absolute Gasteiger partial charge is 0.382 e. The molecule has 1 unspecified atom stereocenters. The molecule has 0 aliphatic rings. The fourth-order valence-electron chi connectivity index (χ4n) is 2.19. The van der Waals surface area contributed by atoms with E-state index in [0.29, 0.717) is 6.42 Å². The summed E-state index contributed by atoms with van der Waals surface area (Å²) in [6.07, 6.45) is 6.97. The highest BCUT2D eigenvalue weighted by molar-refractivity contribution is 5.75. The summed E-state index contributed by atoms with van der Waals surface area (Å²) in [4.78, 5) is 11.1. The van der Waals surface area contributed by atoms with Crippen molar-refractivity contribution >= 4 is 5.97 Å². The minimum atomic E-state index is -2.63. The summed E-state index contributed by atoms with van der Waals surface area (Å²) >= 11 is 0. The van der Waals surface area contributed by atoms with Crippen molar-refractivity contribution in [3.63, 3.8) is 0 Å². The van der Waals surface area contributed by atoms with E-state index in [1.54, 1.807) is 30.3 Å². The summed E-state index contributed by atoms with van der Waals surface area (Å²) < 4.78 is 19.5. The number of hydrogen-bond acceptors (Lipinski definition) is 2. The maximum atomic E-state index is 14.4. The highest BCUT2D eigenvalue weighted by atomic mass is 19.2. The van der Waals surface area contributed by atoms with Crippen LogP contribution in [0.25, 0.3) is 0 Å². The first-order valence-corrected chi connectivity index (χ1v) is 7.75. The molecule has 0 amide bonds. The second-order valence-electron chi connectivity index (χ2n) is 5.32. The number of carboxylic acid groups (broad SMARTS) is 1. The summed E-state index contributed by atoms with van der Waals surface area (Å²) in [5.74, 6) is -3.95. The monoisotopic (exact) mass is 296 g/mol. The van der Waals surface area contributed by atoms with E-state index in [2.05, 4.69) is 6.92 Å². The first kappa shape index (κ1) is 17.5. The van der Waals surface area contributed by atoms with Crippen molar-refractivity contribution in [3.8, 4) is 5.75 Å². The Balaban J connectivity index is 2.37. The number of carbonyl (C=O) groups is 1. The molecule has 0 aliphatic carbocycles. The molecule has 3 nitrogen and oxygen atoms in total. The van der Waals surface area contributed by atoms with Gasteiger partial charge in [0.15, 0.2) is 0 Å². The fraction of sp³-hybridized carbons (Fsp3) is 0.588. The molecule has 0 aliphatic heterocycles. The minimum Gasteiger partial charge on any atom is -0.476 e. The number of rotatable bonds is 11. The van der Waals surface area contributed by atoms with Crippen molar-refractivity contribution in [2.45, 2.75) is 64.1 Å². The molecular formula is C17H25FO3. The molecule has 1 rings (SSSR count). The van der Waals surface area contributed by atoms with Gasteiger partial charge >= 0.3 is 11.8 Å². The lowest BCUT2D eigenvalue weighted by atomic mass is 10.1. The second-order valence-corrected chi connectivity index (χ2v) is 5.32. The Morgan fingerprint density at radius 2 is 1.67 bits per heavy atom. The van der Waals surface area contributed by atoms with Crippen LogP contribution in [0.5, 0.6) is 5.75 Å². The van der Waals surface area contributed by atoms with E-state index in [0.717, 1.165) is 19.3 Å². The van der Waals surface area contributed by atoms with Gasteiger partial charge in [-0.2, -0.15) is 4.39 Å². The highest BCUT2D eigenvalue weighted by Gasteiger charge is 2.40. The van der Waals surface area contributed by atoms with Gasteiger partial charge in [0.1, 0.15) is 5.75 Å². The average molecular weight is 296 g/mol. The van der Waals surface area contributed by atoms with Crippen LogP contribution in [0.2, 0.25) is 0 Å². The van der Waals surface area contributed by atoms with E-state index >= 15 is 0 Å². The zero-order valence-electron chi connectivity index (χ0n) is 12.7. The third kappa shape index (κ3) is 6.61. The molecule has 1 atom stereocenters. The molecule has 0 saturated carbocycles. The summed E-state index contributed by atoms with van der Waals surface area (Å²) in [6, 6.07) is 8.25. The van der Waals surface area contributed by atoms with E-state index < -0.39 is 11.8 Å². The summed E-state index contributed by atoms with van der Waals surface area (Å²) in [7, 11) is 0. The molecule has 0 fully saturated rings. The molecule has 1 N–H and O–H groups in total. The Labute approximate surface area is 126 Å². The Bertz CT molecular complexity index is 408. The van der Waals surface area contributed by atoms with E-state index in [4.69, 9.17) is 9.84 Å². The maximum Gasteiger partial charge on any atom is 0.382 e. The standard InChI is InChI=1S/C17H25FO3/c1-2-3-4-5-6-7-11-14-17(18,16(19)20)21-15-12-9-8-10-13-15/h8-10,12-13H,2-7,11,14H2,1H3,(H,19,20). The number of aliphatic carboxylic acids is 1. The molecule has 0 aromatic heterocycles. The number of benzene rings is 1. The minimum absolute atomic E-state index is 0.120. The Morgan fingerprint density at radius 3 is 2.24 bits per heavy atom. The number of ether oxygens (including phenoxy) is 1. The number of halogens is 1. The van der Waals surface area contributed by atoms with Gasteiger partial charge in [0, 0.05) is 6.42 Å². The maximum absolute atomic E-state index is 14.4. The van der Waals surface area contributed by atoms with Crippen LogP contribution in [0.15, 0.2) is 30.3 Å². The molecule has 1 aromatic carbocycles. The van der Waals surface area contributed by atoms with Crippen LogP contribution < -0.4 is 4.74 Å². The molecule has 0 heterocycles. The van der Waals surface area contributed by atoms with E-state index in [9.17, 15) is 9.18 Å². The number of carboxylic acids is 1. The lowest BCUT2D eigenvalue weighted by molar-refractivity contribution is -0.175. The van der Waals surface area contributed by atoms with Crippen LogP contribution in [0, 0.1) is 0 Å². The van der Waals surface area contributed by atoms with E-state index in [1.165, 1.54) is 19.3 Å². The van der Waals surface area contributed by atoms with Gasteiger partial charge in [0.2, 0.25) is 0 Å². The van der Waals surface area contributed by atoms with Crippen molar-refractivity contribution in [2.75, 3.05) is 0 Å². The van der Waals surface area contributed by atoms with Gasteiger partial charge in [-0.3, -0.25) is 0 Å². The molecular weight excluding hydrogens is 271 g/mol. The summed E-state index contributed by atoms with van der Waals surface area (Å²) in [5, 5.41) is 9.07. The lowest BCUT2D eigenvalue weighted by Crippen LogP contribution is -2.40. The molecule has 0 radical (unpaired) electrons. The zero-order chi connectivity index (χ0) is 15.6. The summed E-state index contributed by atoms with van der Waals surface area (Å²) in [6.45, 7) is 2.16. The number of alkyl halides is 1. The molecule has 0 bridgehead atoms. The van der Waals surface area contributed by atoms with Gasteiger partial charge in [0.05, 0.1) is 0 Å². The molecule has 21 heavy (non-hydrogen) atoms. The Kier molecular flexibility index (Phi) is 7.80. The van der Waals surface area contributed by atoms with Crippen molar-refractivity contribution in [1.82, 2.24) is 0 Å². The topological polar surface area (TPSA) is 46.5 Å². The Hall–Kier alpha value is -1.58. The van der Waals surface area contributed by atoms with Crippen LogP contribution in [0.3, 0.4) is 0 Å². The number of para-hydroxylation sites is 1. The van der Waals surface area contributed by atoms with Crippen LogP contribution in [-0.4, -0.2) is 16.9 Å². The van der Waals surface area contributed by atoms with E-state index in [1.807, 2.05) is 0 Å². The SMILES string of the molecule is CCCCCCCCCC(F)(Oc1ccccc1)C(=O)O. The third-order valence-electron chi connectivity index (χ3n) is 3.44. The molecule has 118 valence electrons. The van der Waals surface area contributed by atoms with Gasteiger partial charge in [-0.1, -0.05) is 63.6 Å². The number of hydrogen-bond donors (Lipinski definition) is 1. The van der Waals surface area contributed by atoms with Crippen molar-refractivity contribution < 1.29 is 19.0 Å². The predicted molar refractivity (Wildman–Crippen MR) is 81.2 cm³/mol. The van der Waals surface area contributed by atoms with Crippen LogP contribution in [-0.2, 0) is 4.79 Å². The normalized spacial score (nSPS) is 13.6. The first-order valence-electron chi connectivity index (χ1n) is 7.75. The molecule has 1 aromatic rings. The third-order valence-corrected chi connectivity index (χ3v) is 3.44. The van der Waals surface area contributed by atoms with Crippen molar-refractivity contribution in [3.05, 3.63) is 30.3 Å². The largest absolute Gasteiger partial charge is 0.476 e. The van der Waals surface area contributed by atoms with Gasteiger partial charge in [-0.05, 0) is 18.6 Å². The van der Waals surface area contributed by atoms with Gasteiger partial charge in [-0.25, -0.2) is 4.79 Å². The molecule has 4 heteroatoms. The van der Waals surface area contributed by atoms with Gasteiger partial charge in [0.25, 0.3) is 0 Å². The molecule has 0 saturated heterocycles. The van der Waals surface area contributed by atoms with Crippen molar-refractivity contribution in [2.24, 2.45) is 0 Å². The number of unbranched alkanes of at least 4 members (excludes halogenated alkanes) is 6. The van der Waals surface area contributed by atoms with Crippen LogP contribution in [0.1, 0.15) is 58.3 Å². The summed E-state index contributed by atoms with van der Waals surface area (Å²) in [5.41, 5.74) is 0. The van der Waals surface area contributed by atoms with Crippen molar-refractivity contribution in [1.29, 1.82) is 0 Å². The fourth-order valence-corrected chi connectivity index (χ4v) is 2.19. The van der Waals surface area contributed by atoms with Gasteiger partial charge < -0.3 is 9.84 Å². The molecule has 0 spiro atoms. The average Bonchev–Trinajstić information content (AvgIpc) is 2.47. The Morgan fingerprint density at radius 1 is 1.10 bits per heavy atom. The first-order chi connectivity index (χ1) is 10.1. The highest BCUT2D eigenvalue weighted by Crippen LogP contribution is 2.26. The van der Waals surface area contributed by atoms with Gasteiger partial charge in [-0.15, -0.1) is 0 Å². The van der Waals surface area contributed by atoms with Crippen LogP contribution >= 0.6 is 0 Å². The quantitative estimate of drug-likeness (QED) is 0.587. The lowest BCUT2D eigenvalue weighted by Gasteiger charge is -2.22. The zero-order valence-corrected chi connectivity index (χ0v) is 12.7. The van der Waals surface area contributed by atoms with E-state index in [-0.39, 0.29) is 12.2 Å². The second kappa shape index (κ2) is 9.37. The predicted octanol–water partition coefficient (Wildman–Crippen LogP) is 4.96. The van der Waals surface area contributed by atoms with Crippen LogP contribution in [0.4, 0.5) is 4.39 Å².